The summed E-state index contributed by atoms with van der Waals surface area (Å²) in [6.07, 6.45) is 2.97. The zero-order valence-electron chi connectivity index (χ0n) is 14.5. The van der Waals surface area contributed by atoms with Crippen LogP contribution in [0.1, 0.15) is 37.7 Å². The molecule has 2 N–H and O–H groups in total. The van der Waals surface area contributed by atoms with Gasteiger partial charge in [-0.3, -0.25) is 9.78 Å². The zero-order valence-corrected chi connectivity index (χ0v) is 14.5. The maximum Gasteiger partial charge on any atom is 0.337 e. The van der Waals surface area contributed by atoms with Crippen LogP contribution in [0.5, 0.6) is 0 Å². The molecule has 1 aromatic carbocycles. The molecule has 0 atom stereocenters. The molecule has 0 aliphatic carbocycles. The molecule has 8 nitrogen and oxygen atoms in total. The number of amides is 1. The number of rotatable bonds is 4. The van der Waals surface area contributed by atoms with Gasteiger partial charge >= 0.3 is 5.97 Å². The first kappa shape index (κ1) is 17.8. The second-order valence-corrected chi connectivity index (χ2v) is 5.79. The minimum Gasteiger partial charge on any atom is -0.478 e. The average Bonchev–Trinajstić information content (AvgIpc) is 3.00. The molecule has 8 heteroatoms. The number of carboxylic acid groups (broad SMARTS) is 1. The van der Waals surface area contributed by atoms with Crippen LogP contribution >= 0.6 is 0 Å². The highest BCUT2D eigenvalue weighted by atomic mass is 16.5. The molecular formula is C19H14N4O4. The van der Waals surface area contributed by atoms with Crippen LogP contribution in [0.2, 0.25) is 0 Å². The first-order valence-electron chi connectivity index (χ1n) is 7.87. The normalized spacial score (nSPS) is 10.3. The minimum absolute atomic E-state index is 0.0919. The summed E-state index contributed by atoms with van der Waals surface area (Å²) in [6.45, 7) is 3.55. The fourth-order valence-corrected chi connectivity index (χ4v) is 2.69. The van der Waals surface area contributed by atoms with E-state index in [1.54, 1.807) is 26.1 Å². The fraction of sp³-hybridized carbons (Fsp3) is 0.105. The number of hydrogen-bond acceptors (Lipinski definition) is 6. The van der Waals surface area contributed by atoms with E-state index in [0.717, 1.165) is 5.56 Å². The van der Waals surface area contributed by atoms with Gasteiger partial charge in [0.25, 0.3) is 5.91 Å². The number of nitrogens with one attached hydrogen (secondary N) is 1. The van der Waals surface area contributed by atoms with E-state index < -0.39 is 11.9 Å². The maximum absolute atomic E-state index is 12.6. The first-order valence-corrected chi connectivity index (χ1v) is 7.87. The lowest BCUT2D eigenvalue weighted by molar-refractivity contribution is 0.0698. The van der Waals surface area contributed by atoms with E-state index >= 15 is 0 Å². The van der Waals surface area contributed by atoms with Gasteiger partial charge in [-0.05, 0) is 38.1 Å². The number of nitriles is 1. The monoisotopic (exact) mass is 362 g/mol. The highest BCUT2D eigenvalue weighted by Gasteiger charge is 2.17. The van der Waals surface area contributed by atoms with Crippen molar-refractivity contribution in [3.05, 3.63) is 64.8 Å². The lowest BCUT2D eigenvalue weighted by atomic mass is 10.0. The number of anilines is 1. The van der Waals surface area contributed by atoms with Crippen LogP contribution in [-0.4, -0.2) is 27.1 Å². The summed E-state index contributed by atoms with van der Waals surface area (Å²) >= 11 is 0. The summed E-state index contributed by atoms with van der Waals surface area (Å²) < 4.78 is 5.14. The standard InChI is InChI=1S/C19H14N4O4/c1-10-17(11(2)27-23-10)13-6-14(9-21-8-13)18(24)22-16-4-3-12(7-20)5-15(16)19(25)26/h3-6,8-9H,1-2H3,(H,22,24)(H,25,26). The summed E-state index contributed by atoms with van der Waals surface area (Å²) in [5.74, 6) is -1.17. The molecule has 2 aromatic heterocycles. The van der Waals surface area contributed by atoms with Gasteiger partial charge in [0.15, 0.2) is 0 Å². The average molecular weight is 362 g/mol. The first-order chi connectivity index (χ1) is 12.9. The summed E-state index contributed by atoms with van der Waals surface area (Å²) in [5, 5.41) is 24.7. The van der Waals surface area contributed by atoms with Gasteiger partial charge in [0.2, 0.25) is 0 Å². The summed E-state index contributed by atoms with van der Waals surface area (Å²) in [5.41, 5.74) is 2.44. The van der Waals surface area contributed by atoms with Crippen LogP contribution in [0.25, 0.3) is 11.1 Å². The molecule has 0 bridgehead atoms. The van der Waals surface area contributed by atoms with Crippen molar-refractivity contribution in [2.45, 2.75) is 13.8 Å². The van der Waals surface area contributed by atoms with Gasteiger partial charge in [0.1, 0.15) is 5.76 Å². The molecule has 3 rings (SSSR count). The quantitative estimate of drug-likeness (QED) is 0.729. The van der Waals surface area contributed by atoms with Crippen molar-refractivity contribution in [1.82, 2.24) is 10.1 Å². The Hall–Kier alpha value is -3.99. The van der Waals surface area contributed by atoms with Crippen molar-refractivity contribution in [3.63, 3.8) is 0 Å². The molecule has 134 valence electrons. The van der Waals surface area contributed by atoms with Crippen LogP contribution < -0.4 is 5.32 Å². The van der Waals surface area contributed by atoms with Gasteiger partial charge in [-0.25, -0.2) is 4.79 Å². The highest BCUT2D eigenvalue weighted by molar-refractivity contribution is 6.08. The number of carboxylic acids is 1. The van der Waals surface area contributed by atoms with Gasteiger partial charge < -0.3 is 14.9 Å². The van der Waals surface area contributed by atoms with Crippen molar-refractivity contribution in [2.24, 2.45) is 0 Å². The molecule has 1 amide bonds. The predicted octanol–water partition coefficient (Wildman–Crippen LogP) is 3.18. The smallest absolute Gasteiger partial charge is 0.337 e. The second kappa shape index (κ2) is 7.09. The molecule has 0 saturated heterocycles. The lowest BCUT2D eigenvalue weighted by Crippen LogP contribution is -2.15. The Balaban J connectivity index is 1.93. The molecule has 0 aliphatic heterocycles. The van der Waals surface area contributed by atoms with Crippen LogP contribution in [0, 0.1) is 25.2 Å². The highest BCUT2D eigenvalue weighted by Crippen LogP contribution is 2.27. The maximum atomic E-state index is 12.6. The Kier molecular flexibility index (Phi) is 4.68. The van der Waals surface area contributed by atoms with Crippen molar-refractivity contribution in [3.8, 4) is 17.2 Å². The number of aromatic carboxylic acids is 1. The van der Waals surface area contributed by atoms with Gasteiger partial charge in [-0.1, -0.05) is 5.16 Å². The molecule has 0 unspecified atom stereocenters. The van der Waals surface area contributed by atoms with Gasteiger partial charge in [-0.2, -0.15) is 5.26 Å². The summed E-state index contributed by atoms with van der Waals surface area (Å²) in [6, 6.07) is 7.51. The van der Waals surface area contributed by atoms with Crippen LogP contribution in [0.15, 0.2) is 41.2 Å². The van der Waals surface area contributed by atoms with Crippen molar-refractivity contribution in [1.29, 1.82) is 5.26 Å². The molecule has 0 saturated carbocycles. The number of nitrogens with zero attached hydrogens (tertiary/aromatic N) is 3. The van der Waals surface area contributed by atoms with Crippen LogP contribution in [0.3, 0.4) is 0 Å². The van der Waals surface area contributed by atoms with Crippen molar-refractivity contribution in [2.75, 3.05) is 5.32 Å². The van der Waals surface area contributed by atoms with E-state index in [2.05, 4.69) is 15.5 Å². The molecule has 0 aliphatic rings. The Morgan fingerprint density at radius 3 is 2.63 bits per heavy atom. The SMILES string of the molecule is Cc1noc(C)c1-c1cncc(C(=O)Nc2ccc(C#N)cc2C(=O)O)c1. The molecule has 2 heterocycles. The number of aryl methyl sites for hydroxylation is 2. The van der Waals surface area contributed by atoms with Gasteiger partial charge in [0.05, 0.1) is 34.1 Å². The van der Waals surface area contributed by atoms with E-state index in [-0.39, 0.29) is 22.4 Å². The fourth-order valence-electron chi connectivity index (χ4n) is 2.69. The third-order valence-corrected chi connectivity index (χ3v) is 3.95. The largest absolute Gasteiger partial charge is 0.478 e. The molecular weight excluding hydrogens is 348 g/mol. The van der Waals surface area contributed by atoms with Crippen molar-refractivity contribution >= 4 is 17.6 Å². The van der Waals surface area contributed by atoms with E-state index in [1.807, 2.05) is 6.07 Å². The number of hydrogen-bond donors (Lipinski definition) is 2. The Morgan fingerprint density at radius 2 is 2.00 bits per heavy atom. The van der Waals surface area contributed by atoms with Crippen molar-refractivity contribution < 1.29 is 19.2 Å². The topological polar surface area (TPSA) is 129 Å². The Labute approximate surface area is 154 Å². The van der Waals surface area contributed by atoms with E-state index in [0.29, 0.717) is 17.0 Å². The molecule has 0 radical (unpaired) electrons. The zero-order chi connectivity index (χ0) is 19.6. The molecule has 3 aromatic rings. The number of pyridine rings is 1. The lowest BCUT2D eigenvalue weighted by Gasteiger charge is -2.09. The Bertz CT molecular complexity index is 1080. The van der Waals surface area contributed by atoms with Gasteiger partial charge in [0, 0.05) is 23.5 Å². The third kappa shape index (κ3) is 3.52. The number of benzene rings is 1. The molecule has 0 fully saturated rings. The van der Waals surface area contributed by atoms with Gasteiger partial charge in [-0.15, -0.1) is 0 Å². The number of carbonyl (C=O) groups is 2. The third-order valence-electron chi connectivity index (χ3n) is 3.95. The van der Waals surface area contributed by atoms with E-state index in [1.165, 1.54) is 24.4 Å². The van der Waals surface area contributed by atoms with Crippen LogP contribution in [0.4, 0.5) is 5.69 Å². The summed E-state index contributed by atoms with van der Waals surface area (Å²) in [4.78, 5) is 28.1. The van der Waals surface area contributed by atoms with Crippen LogP contribution in [-0.2, 0) is 0 Å². The second-order valence-electron chi connectivity index (χ2n) is 5.79. The summed E-state index contributed by atoms with van der Waals surface area (Å²) in [7, 11) is 0. The number of aromatic nitrogens is 2. The Morgan fingerprint density at radius 1 is 1.22 bits per heavy atom. The molecule has 0 spiro atoms. The van der Waals surface area contributed by atoms with E-state index in [9.17, 15) is 14.7 Å². The minimum atomic E-state index is -1.25. The predicted molar refractivity (Wildman–Crippen MR) is 95.3 cm³/mol. The molecule has 27 heavy (non-hydrogen) atoms. The van der Waals surface area contributed by atoms with E-state index in [4.69, 9.17) is 9.78 Å². The number of carbonyl (C=O) groups excluding carboxylic acids is 1.